The van der Waals surface area contributed by atoms with Crippen molar-refractivity contribution in [2.45, 2.75) is 238 Å². The van der Waals surface area contributed by atoms with Crippen LogP contribution in [0.3, 0.4) is 0 Å². The molecule has 3 N–H and O–H groups in total. The molecular formula is C49H91O10P. The predicted molar refractivity (Wildman–Crippen MR) is 247 cm³/mol. The molecule has 0 spiro atoms. The predicted octanol–water partition coefficient (Wildman–Crippen LogP) is 13.5. The average molecular weight is 871 g/mol. The van der Waals surface area contributed by atoms with E-state index in [2.05, 4.69) is 50.3 Å². The standard InChI is InChI=1S/C49H91O10P/c1-3-5-7-9-11-13-15-17-19-20-21-22-23-24-25-26-27-29-31-33-35-37-39-41-49(53)59-47(43-51)45-57-60(54,55)56-44-46(42-50)58-48(52)40-38-36-34-32-30-28-18-16-14-12-10-8-6-4-2/h15-18,20-21,46-47,50-51H,3-14,19,22-45H2,1-2H3,(H,54,55)/b17-15-,18-16-,21-20-. The molecule has 0 aliphatic rings. The molecule has 352 valence electrons. The Kier molecular flexibility index (Phi) is 43.9. The zero-order chi connectivity index (χ0) is 44.0. The minimum absolute atomic E-state index is 0.183. The Morgan fingerprint density at radius 2 is 0.733 bits per heavy atom. The van der Waals surface area contributed by atoms with E-state index < -0.39 is 58.4 Å². The van der Waals surface area contributed by atoms with Gasteiger partial charge in [0.25, 0.3) is 0 Å². The van der Waals surface area contributed by atoms with Gasteiger partial charge in [0.2, 0.25) is 0 Å². The Balaban J connectivity index is 3.84. The molecule has 11 heteroatoms. The second-order valence-corrected chi connectivity index (χ2v) is 17.9. The molecule has 0 aromatic carbocycles. The Morgan fingerprint density at radius 1 is 0.450 bits per heavy atom. The van der Waals surface area contributed by atoms with Gasteiger partial charge in [0.1, 0.15) is 12.2 Å². The van der Waals surface area contributed by atoms with E-state index in [0.717, 1.165) is 64.2 Å². The van der Waals surface area contributed by atoms with Crippen LogP contribution in [0.2, 0.25) is 0 Å². The number of carbonyl (C=O) groups is 2. The average Bonchev–Trinajstić information content (AvgIpc) is 3.24. The fourth-order valence-corrected chi connectivity index (χ4v) is 7.57. The number of phosphoric ester groups is 1. The van der Waals surface area contributed by atoms with Crippen LogP contribution in [-0.4, -0.2) is 65.7 Å². The second kappa shape index (κ2) is 45.2. The lowest BCUT2D eigenvalue weighted by molar-refractivity contribution is -0.153. The van der Waals surface area contributed by atoms with Crippen LogP contribution in [0, 0.1) is 0 Å². The molecule has 0 bridgehead atoms. The highest BCUT2D eigenvalue weighted by Crippen LogP contribution is 2.43. The number of aliphatic hydroxyl groups is 2. The van der Waals surface area contributed by atoms with Crippen LogP contribution in [-0.2, 0) is 32.7 Å². The molecular weight excluding hydrogens is 780 g/mol. The van der Waals surface area contributed by atoms with Gasteiger partial charge in [0.05, 0.1) is 26.4 Å². The van der Waals surface area contributed by atoms with Crippen molar-refractivity contribution >= 4 is 19.8 Å². The van der Waals surface area contributed by atoms with E-state index in [4.69, 9.17) is 18.5 Å². The number of ether oxygens (including phenoxy) is 2. The molecule has 3 unspecified atom stereocenters. The van der Waals surface area contributed by atoms with Crippen molar-refractivity contribution < 1.29 is 47.8 Å². The molecule has 0 heterocycles. The minimum atomic E-state index is -4.64. The summed E-state index contributed by atoms with van der Waals surface area (Å²) in [5.74, 6) is -1.02. The minimum Gasteiger partial charge on any atom is -0.457 e. The lowest BCUT2D eigenvalue weighted by Gasteiger charge is -2.20. The molecule has 0 rings (SSSR count). The molecule has 10 nitrogen and oxygen atoms in total. The Morgan fingerprint density at radius 3 is 1.05 bits per heavy atom. The van der Waals surface area contributed by atoms with Crippen LogP contribution in [0.5, 0.6) is 0 Å². The molecule has 0 radical (unpaired) electrons. The van der Waals surface area contributed by atoms with Gasteiger partial charge < -0.3 is 24.6 Å². The zero-order valence-electron chi connectivity index (χ0n) is 38.4. The molecule has 0 saturated carbocycles. The summed E-state index contributed by atoms with van der Waals surface area (Å²) in [7, 11) is -4.64. The van der Waals surface area contributed by atoms with Crippen molar-refractivity contribution in [3.8, 4) is 0 Å². The van der Waals surface area contributed by atoms with Gasteiger partial charge in [-0.3, -0.25) is 18.6 Å². The van der Waals surface area contributed by atoms with E-state index in [0.29, 0.717) is 12.8 Å². The van der Waals surface area contributed by atoms with Gasteiger partial charge in [0.15, 0.2) is 0 Å². The maximum absolute atomic E-state index is 12.4. The highest BCUT2D eigenvalue weighted by atomic mass is 31.2. The van der Waals surface area contributed by atoms with Gasteiger partial charge in [-0.25, -0.2) is 4.57 Å². The van der Waals surface area contributed by atoms with Crippen LogP contribution >= 0.6 is 7.82 Å². The van der Waals surface area contributed by atoms with Gasteiger partial charge in [0, 0.05) is 12.8 Å². The first-order chi connectivity index (χ1) is 29.3. The van der Waals surface area contributed by atoms with E-state index in [1.165, 1.54) is 122 Å². The van der Waals surface area contributed by atoms with Crippen molar-refractivity contribution in [2.24, 2.45) is 0 Å². The molecule has 0 aromatic heterocycles. The first-order valence-corrected chi connectivity index (χ1v) is 25.9. The Bertz CT molecular complexity index is 1090. The molecule has 3 atom stereocenters. The number of carbonyl (C=O) groups excluding carboxylic acids is 2. The quantitative estimate of drug-likeness (QED) is 0.0234. The summed E-state index contributed by atoms with van der Waals surface area (Å²) in [6.07, 6.45) is 48.3. The number of allylic oxidation sites excluding steroid dienone is 6. The first-order valence-electron chi connectivity index (χ1n) is 24.4. The Labute approximate surface area is 367 Å². The number of aliphatic hydroxyl groups excluding tert-OH is 2. The third kappa shape index (κ3) is 42.9. The molecule has 0 amide bonds. The van der Waals surface area contributed by atoms with E-state index >= 15 is 0 Å². The first kappa shape index (κ1) is 58.2. The topological polar surface area (TPSA) is 149 Å². The number of hydrogen-bond donors (Lipinski definition) is 3. The third-order valence-corrected chi connectivity index (χ3v) is 11.5. The number of hydrogen-bond acceptors (Lipinski definition) is 9. The lowest BCUT2D eigenvalue weighted by atomic mass is 10.0. The van der Waals surface area contributed by atoms with Crippen molar-refractivity contribution in [3.05, 3.63) is 36.5 Å². The van der Waals surface area contributed by atoms with Crippen molar-refractivity contribution in [2.75, 3.05) is 26.4 Å². The van der Waals surface area contributed by atoms with Gasteiger partial charge >= 0.3 is 19.8 Å². The maximum Gasteiger partial charge on any atom is 0.472 e. The number of phosphoric acid groups is 1. The summed E-state index contributed by atoms with van der Waals surface area (Å²) in [4.78, 5) is 34.6. The summed E-state index contributed by atoms with van der Waals surface area (Å²) in [6, 6.07) is 0. The molecule has 0 fully saturated rings. The number of rotatable bonds is 46. The summed E-state index contributed by atoms with van der Waals surface area (Å²) in [5.41, 5.74) is 0. The van der Waals surface area contributed by atoms with Gasteiger partial charge in [-0.05, 0) is 70.6 Å². The largest absolute Gasteiger partial charge is 0.472 e. The summed E-state index contributed by atoms with van der Waals surface area (Å²) in [6.45, 7) is 2.20. The van der Waals surface area contributed by atoms with Crippen molar-refractivity contribution in [1.82, 2.24) is 0 Å². The summed E-state index contributed by atoms with van der Waals surface area (Å²) < 4.78 is 32.6. The SMILES string of the molecule is CCCCCCC/C=C\C/C=C\CCCCCCCCCCCCCC(=O)OC(CO)COP(=O)(O)OCC(CO)OC(=O)CCCCCCC/C=C\CCCCCCC. The van der Waals surface area contributed by atoms with Crippen LogP contribution in [0.25, 0.3) is 0 Å². The molecule has 60 heavy (non-hydrogen) atoms. The Hall–Kier alpha value is -1.81. The van der Waals surface area contributed by atoms with E-state index in [1.54, 1.807) is 0 Å². The van der Waals surface area contributed by atoms with E-state index in [9.17, 15) is 29.3 Å². The fraction of sp³-hybridized carbons (Fsp3) is 0.837. The van der Waals surface area contributed by atoms with Crippen LogP contribution in [0.15, 0.2) is 36.5 Å². The molecule has 0 aromatic rings. The normalized spacial score (nSPS) is 14.0. The monoisotopic (exact) mass is 871 g/mol. The van der Waals surface area contributed by atoms with Crippen molar-refractivity contribution in [1.29, 1.82) is 0 Å². The molecule has 0 saturated heterocycles. The van der Waals surface area contributed by atoms with Crippen LogP contribution < -0.4 is 0 Å². The summed E-state index contributed by atoms with van der Waals surface area (Å²) in [5, 5.41) is 19.2. The van der Waals surface area contributed by atoms with Crippen molar-refractivity contribution in [3.63, 3.8) is 0 Å². The molecule has 0 aliphatic carbocycles. The zero-order valence-corrected chi connectivity index (χ0v) is 39.3. The third-order valence-electron chi connectivity index (χ3n) is 10.6. The highest BCUT2D eigenvalue weighted by molar-refractivity contribution is 7.47. The maximum atomic E-state index is 12.4. The van der Waals surface area contributed by atoms with Crippen LogP contribution in [0.1, 0.15) is 226 Å². The molecule has 0 aliphatic heterocycles. The number of unbranched alkanes of at least 4 members (excludes halogenated alkanes) is 26. The number of esters is 2. The fourth-order valence-electron chi connectivity index (χ4n) is 6.79. The highest BCUT2D eigenvalue weighted by Gasteiger charge is 2.27. The lowest BCUT2D eigenvalue weighted by Crippen LogP contribution is -2.28. The van der Waals surface area contributed by atoms with Crippen LogP contribution in [0.4, 0.5) is 0 Å². The van der Waals surface area contributed by atoms with Gasteiger partial charge in [-0.1, -0.05) is 179 Å². The van der Waals surface area contributed by atoms with Gasteiger partial charge in [-0.15, -0.1) is 0 Å². The summed E-state index contributed by atoms with van der Waals surface area (Å²) >= 11 is 0. The van der Waals surface area contributed by atoms with E-state index in [-0.39, 0.29) is 12.8 Å². The second-order valence-electron chi connectivity index (χ2n) is 16.4. The van der Waals surface area contributed by atoms with E-state index in [1.807, 2.05) is 0 Å². The van der Waals surface area contributed by atoms with Gasteiger partial charge in [-0.2, -0.15) is 0 Å². The smallest absolute Gasteiger partial charge is 0.457 e.